The fourth-order valence-electron chi connectivity index (χ4n) is 1.43. The molecule has 1 aliphatic heterocycles. The SMILES string of the molecule is O=C(O)CC(=O)N1CCCS(=O)(=O)CC1. The predicted molar refractivity (Wildman–Crippen MR) is 52.1 cm³/mol. The van der Waals surface area contributed by atoms with E-state index in [2.05, 4.69) is 0 Å². The zero-order chi connectivity index (χ0) is 11.5. The highest BCUT2D eigenvalue weighted by molar-refractivity contribution is 7.91. The van der Waals surface area contributed by atoms with Gasteiger partial charge in [0.05, 0.1) is 11.5 Å². The zero-order valence-electron chi connectivity index (χ0n) is 8.18. The third kappa shape index (κ3) is 3.86. The third-order valence-corrected chi connectivity index (χ3v) is 3.93. The second-order valence-corrected chi connectivity index (χ2v) is 5.76. The molecule has 0 atom stereocenters. The van der Waals surface area contributed by atoms with Crippen molar-refractivity contribution in [1.29, 1.82) is 0 Å². The summed E-state index contributed by atoms with van der Waals surface area (Å²) in [5.41, 5.74) is 0. The van der Waals surface area contributed by atoms with E-state index in [0.29, 0.717) is 13.0 Å². The molecule has 1 saturated heterocycles. The van der Waals surface area contributed by atoms with Crippen molar-refractivity contribution >= 4 is 21.7 Å². The van der Waals surface area contributed by atoms with Gasteiger partial charge in [0.2, 0.25) is 5.91 Å². The first-order valence-corrected chi connectivity index (χ1v) is 6.43. The van der Waals surface area contributed by atoms with E-state index in [0.717, 1.165) is 0 Å². The number of carboxylic acids is 1. The maximum Gasteiger partial charge on any atom is 0.312 e. The molecule has 0 saturated carbocycles. The smallest absolute Gasteiger partial charge is 0.312 e. The second-order valence-electron chi connectivity index (χ2n) is 3.46. The molecule has 0 unspecified atom stereocenters. The summed E-state index contributed by atoms with van der Waals surface area (Å²) in [5.74, 6) is -1.70. The molecule has 0 aliphatic carbocycles. The van der Waals surface area contributed by atoms with Crippen LogP contribution in [0.15, 0.2) is 0 Å². The molecule has 1 heterocycles. The van der Waals surface area contributed by atoms with Crippen molar-refractivity contribution in [2.24, 2.45) is 0 Å². The lowest BCUT2D eigenvalue weighted by molar-refractivity contribution is -0.144. The highest BCUT2D eigenvalue weighted by Gasteiger charge is 2.23. The molecule has 1 aliphatic rings. The molecule has 6 nitrogen and oxygen atoms in total. The summed E-state index contributed by atoms with van der Waals surface area (Å²) in [6, 6.07) is 0. The molecule has 7 heteroatoms. The highest BCUT2D eigenvalue weighted by Crippen LogP contribution is 2.06. The Labute approximate surface area is 87.8 Å². The highest BCUT2D eigenvalue weighted by atomic mass is 32.2. The van der Waals surface area contributed by atoms with Gasteiger partial charge in [0.15, 0.2) is 9.84 Å². The van der Waals surface area contributed by atoms with Crippen LogP contribution in [0.25, 0.3) is 0 Å². The van der Waals surface area contributed by atoms with Crippen LogP contribution >= 0.6 is 0 Å². The minimum Gasteiger partial charge on any atom is -0.481 e. The first-order valence-electron chi connectivity index (χ1n) is 4.61. The van der Waals surface area contributed by atoms with E-state index < -0.39 is 28.1 Å². The van der Waals surface area contributed by atoms with Crippen LogP contribution in [0.4, 0.5) is 0 Å². The summed E-state index contributed by atoms with van der Waals surface area (Å²) < 4.78 is 22.4. The van der Waals surface area contributed by atoms with Gasteiger partial charge < -0.3 is 10.0 Å². The van der Waals surface area contributed by atoms with E-state index in [4.69, 9.17) is 5.11 Å². The fourth-order valence-corrected chi connectivity index (χ4v) is 2.70. The van der Waals surface area contributed by atoms with Crippen molar-refractivity contribution in [3.05, 3.63) is 0 Å². The maximum absolute atomic E-state index is 11.3. The number of sulfone groups is 1. The van der Waals surface area contributed by atoms with Crippen molar-refractivity contribution in [3.63, 3.8) is 0 Å². The van der Waals surface area contributed by atoms with Crippen LogP contribution < -0.4 is 0 Å². The normalized spacial score (nSPS) is 20.7. The largest absolute Gasteiger partial charge is 0.481 e. The topological polar surface area (TPSA) is 91.8 Å². The van der Waals surface area contributed by atoms with E-state index in [9.17, 15) is 18.0 Å². The molecule has 0 aromatic heterocycles. The van der Waals surface area contributed by atoms with E-state index in [1.54, 1.807) is 0 Å². The number of carbonyl (C=O) groups is 2. The molecule has 0 bridgehead atoms. The van der Waals surface area contributed by atoms with Crippen LogP contribution in [-0.2, 0) is 19.4 Å². The Morgan fingerprint density at radius 3 is 2.47 bits per heavy atom. The Balaban J connectivity index is 2.58. The number of hydrogen-bond donors (Lipinski definition) is 1. The number of carboxylic acid groups (broad SMARTS) is 1. The van der Waals surface area contributed by atoms with Gasteiger partial charge in [0.1, 0.15) is 6.42 Å². The van der Waals surface area contributed by atoms with Crippen LogP contribution in [0.2, 0.25) is 0 Å². The van der Waals surface area contributed by atoms with E-state index >= 15 is 0 Å². The Hall–Kier alpha value is -1.11. The van der Waals surface area contributed by atoms with E-state index in [-0.39, 0.29) is 18.1 Å². The van der Waals surface area contributed by atoms with Crippen LogP contribution in [-0.4, -0.2) is 54.9 Å². The van der Waals surface area contributed by atoms with Crippen molar-refractivity contribution < 1.29 is 23.1 Å². The number of aliphatic carboxylic acids is 1. The number of nitrogens with zero attached hydrogens (tertiary/aromatic N) is 1. The summed E-state index contributed by atoms with van der Waals surface area (Å²) in [4.78, 5) is 22.9. The summed E-state index contributed by atoms with van der Waals surface area (Å²) in [6.07, 6.45) is -0.187. The number of carbonyl (C=O) groups excluding carboxylic acids is 1. The number of hydrogen-bond acceptors (Lipinski definition) is 4. The molecule has 15 heavy (non-hydrogen) atoms. The summed E-state index contributed by atoms with van der Waals surface area (Å²) >= 11 is 0. The van der Waals surface area contributed by atoms with Crippen LogP contribution in [0.3, 0.4) is 0 Å². The molecule has 0 spiro atoms. The molecule has 0 radical (unpaired) electrons. The first-order chi connectivity index (χ1) is 6.91. The second kappa shape index (κ2) is 4.61. The lowest BCUT2D eigenvalue weighted by Gasteiger charge is -2.18. The quantitative estimate of drug-likeness (QED) is 0.627. The fraction of sp³-hybridized carbons (Fsp3) is 0.750. The van der Waals surface area contributed by atoms with Gasteiger partial charge in [-0.15, -0.1) is 0 Å². The van der Waals surface area contributed by atoms with Crippen LogP contribution in [0, 0.1) is 0 Å². The molecule has 1 rings (SSSR count). The van der Waals surface area contributed by atoms with Gasteiger partial charge in [0.25, 0.3) is 0 Å². The van der Waals surface area contributed by atoms with Crippen molar-refractivity contribution in [3.8, 4) is 0 Å². The number of rotatable bonds is 2. The van der Waals surface area contributed by atoms with E-state index in [1.807, 2.05) is 0 Å². The van der Waals surface area contributed by atoms with Gasteiger partial charge in [0, 0.05) is 13.1 Å². The van der Waals surface area contributed by atoms with Crippen LogP contribution in [0.1, 0.15) is 12.8 Å². The zero-order valence-corrected chi connectivity index (χ0v) is 8.99. The molecular weight excluding hydrogens is 222 g/mol. The Morgan fingerprint density at radius 1 is 1.20 bits per heavy atom. The Bertz CT molecular complexity index is 361. The predicted octanol–water partition coefficient (Wildman–Crippen LogP) is -0.892. The minimum atomic E-state index is -3.06. The maximum atomic E-state index is 11.3. The van der Waals surface area contributed by atoms with Gasteiger partial charge in [-0.1, -0.05) is 0 Å². The Kier molecular flexibility index (Phi) is 3.67. The lowest BCUT2D eigenvalue weighted by Crippen LogP contribution is -2.34. The average Bonchev–Trinajstić information content (AvgIpc) is 2.25. The van der Waals surface area contributed by atoms with Crippen molar-refractivity contribution in [2.75, 3.05) is 24.6 Å². The third-order valence-electron chi connectivity index (χ3n) is 2.21. The molecule has 1 fully saturated rings. The van der Waals surface area contributed by atoms with Gasteiger partial charge in [-0.3, -0.25) is 9.59 Å². The van der Waals surface area contributed by atoms with Crippen LogP contribution in [0.5, 0.6) is 0 Å². The lowest BCUT2D eigenvalue weighted by atomic mass is 10.3. The summed E-state index contributed by atoms with van der Waals surface area (Å²) in [5, 5.41) is 8.42. The molecule has 0 aromatic carbocycles. The monoisotopic (exact) mass is 235 g/mol. The van der Waals surface area contributed by atoms with Gasteiger partial charge >= 0.3 is 5.97 Å². The molecule has 1 amide bonds. The molecular formula is C8H13NO5S. The molecule has 1 N–H and O–H groups in total. The van der Waals surface area contributed by atoms with E-state index in [1.165, 1.54) is 4.90 Å². The van der Waals surface area contributed by atoms with Gasteiger partial charge in [-0.05, 0) is 6.42 Å². The molecule has 0 aromatic rings. The van der Waals surface area contributed by atoms with Crippen molar-refractivity contribution in [1.82, 2.24) is 4.90 Å². The van der Waals surface area contributed by atoms with Gasteiger partial charge in [-0.2, -0.15) is 0 Å². The Morgan fingerprint density at radius 2 is 1.87 bits per heavy atom. The minimum absolute atomic E-state index is 0.0711. The summed E-state index contributed by atoms with van der Waals surface area (Å²) in [6.45, 7) is 0.430. The molecule has 86 valence electrons. The standard InChI is InChI=1S/C8H13NO5S/c10-7(6-8(11)12)9-2-1-4-15(13,14)5-3-9/h1-6H2,(H,11,12). The van der Waals surface area contributed by atoms with Crippen molar-refractivity contribution in [2.45, 2.75) is 12.8 Å². The first kappa shape index (κ1) is 12.0. The van der Waals surface area contributed by atoms with Gasteiger partial charge in [-0.25, -0.2) is 8.42 Å². The average molecular weight is 235 g/mol. The number of amides is 1. The summed E-state index contributed by atoms with van der Waals surface area (Å²) in [7, 11) is -3.06.